The second kappa shape index (κ2) is 6.32. The van der Waals surface area contributed by atoms with E-state index in [1.54, 1.807) is 36.4 Å². The van der Waals surface area contributed by atoms with Crippen LogP contribution in [0.15, 0.2) is 65.7 Å². The van der Waals surface area contributed by atoms with E-state index in [4.69, 9.17) is 16.7 Å². The van der Waals surface area contributed by atoms with Crippen molar-refractivity contribution in [3.63, 3.8) is 0 Å². The van der Waals surface area contributed by atoms with Crippen molar-refractivity contribution in [3.05, 3.63) is 71.6 Å². The fourth-order valence-corrected chi connectivity index (χ4v) is 3.01. The van der Waals surface area contributed by atoms with Gasteiger partial charge in [-0.25, -0.2) is 17.9 Å². The first-order valence-corrected chi connectivity index (χ1v) is 8.82. The number of sulfonamides is 1. The van der Waals surface area contributed by atoms with Crippen LogP contribution in [0.25, 0.3) is 22.4 Å². The summed E-state index contributed by atoms with van der Waals surface area (Å²) in [5.41, 5.74) is 1.82. The third-order valence-electron chi connectivity index (χ3n) is 3.48. The Morgan fingerprint density at radius 1 is 1.00 bits per heavy atom. The van der Waals surface area contributed by atoms with E-state index in [1.165, 1.54) is 12.3 Å². The Bertz CT molecular complexity index is 1010. The maximum atomic E-state index is 14.3. The smallest absolute Gasteiger partial charge is 0.238 e. The first kappa shape index (κ1) is 16.6. The highest BCUT2D eigenvalue weighted by molar-refractivity contribution is 7.89. The van der Waals surface area contributed by atoms with Crippen LogP contribution in [0.2, 0.25) is 5.02 Å². The van der Waals surface area contributed by atoms with Crippen LogP contribution in [0.4, 0.5) is 4.39 Å². The lowest BCUT2D eigenvalue weighted by Gasteiger charge is -2.11. The zero-order valence-corrected chi connectivity index (χ0v) is 13.9. The molecule has 0 unspecified atom stereocenters. The molecule has 0 aliphatic carbocycles. The van der Waals surface area contributed by atoms with E-state index in [0.717, 1.165) is 17.7 Å². The lowest BCUT2D eigenvalue weighted by Crippen LogP contribution is -2.12. The van der Waals surface area contributed by atoms with E-state index >= 15 is 0 Å². The van der Waals surface area contributed by atoms with Crippen molar-refractivity contribution >= 4 is 21.6 Å². The molecule has 24 heavy (non-hydrogen) atoms. The van der Waals surface area contributed by atoms with Gasteiger partial charge >= 0.3 is 0 Å². The number of benzene rings is 2. The maximum absolute atomic E-state index is 14.3. The fraction of sp³-hybridized carbons (Fsp3) is 0. The predicted molar refractivity (Wildman–Crippen MR) is 91.5 cm³/mol. The fourth-order valence-electron chi connectivity index (χ4n) is 2.35. The minimum atomic E-state index is -3.95. The number of nitrogens with two attached hydrogens (primary N) is 1. The molecule has 0 bridgehead atoms. The molecule has 0 spiro atoms. The van der Waals surface area contributed by atoms with Crippen molar-refractivity contribution in [2.24, 2.45) is 5.14 Å². The van der Waals surface area contributed by atoms with Gasteiger partial charge in [0.25, 0.3) is 0 Å². The molecule has 3 aromatic rings. The van der Waals surface area contributed by atoms with Crippen LogP contribution in [-0.4, -0.2) is 13.4 Å². The molecule has 0 saturated carbocycles. The van der Waals surface area contributed by atoms with Gasteiger partial charge in [-0.05, 0) is 42.0 Å². The van der Waals surface area contributed by atoms with Gasteiger partial charge in [-0.2, -0.15) is 0 Å². The second-order valence-corrected chi connectivity index (χ2v) is 7.09. The number of primary sulfonamides is 1. The molecule has 0 saturated heterocycles. The summed E-state index contributed by atoms with van der Waals surface area (Å²) in [7, 11) is -3.95. The van der Waals surface area contributed by atoms with Crippen LogP contribution < -0.4 is 5.14 Å². The number of rotatable bonds is 3. The summed E-state index contributed by atoms with van der Waals surface area (Å²) >= 11 is 5.90. The molecule has 0 fully saturated rings. The Morgan fingerprint density at radius 3 is 2.38 bits per heavy atom. The summed E-state index contributed by atoms with van der Waals surface area (Å²) in [6.45, 7) is 0. The Kier molecular flexibility index (Phi) is 4.36. The second-order valence-electron chi connectivity index (χ2n) is 5.09. The number of hydrogen-bond acceptors (Lipinski definition) is 3. The Morgan fingerprint density at radius 2 is 1.71 bits per heavy atom. The summed E-state index contributed by atoms with van der Waals surface area (Å²) in [5.74, 6) is -0.587. The van der Waals surface area contributed by atoms with Crippen LogP contribution in [0.3, 0.4) is 0 Å². The summed E-state index contributed by atoms with van der Waals surface area (Å²) in [6, 6.07) is 13.9. The minimum Gasteiger partial charge on any atom is -0.255 e. The van der Waals surface area contributed by atoms with Crippen LogP contribution in [0.5, 0.6) is 0 Å². The van der Waals surface area contributed by atoms with Crippen LogP contribution >= 0.6 is 11.6 Å². The molecular weight excluding hydrogens is 351 g/mol. The molecule has 0 aliphatic rings. The lowest BCUT2D eigenvalue weighted by molar-refractivity contribution is 0.596. The highest BCUT2D eigenvalue weighted by Crippen LogP contribution is 2.33. The predicted octanol–water partition coefficient (Wildman–Crippen LogP) is 3.86. The molecule has 0 amide bonds. The van der Waals surface area contributed by atoms with Crippen molar-refractivity contribution < 1.29 is 12.8 Å². The monoisotopic (exact) mass is 362 g/mol. The number of halogens is 2. The molecule has 1 heterocycles. The van der Waals surface area contributed by atoms with Crippen molar-refractivity contribution in [2.75, 3.05) is 0 Å². The molecule has 0 aliphatic heterocycles. The van der Waals surface area contributed by atoms with Gasteiger partial charge in [0.2, 0.25) is 10.0 Å². The number of aromatic nitrogens is 1. The topological polar surface area (TPSA) is 73.1 Å². The van der Waals surface area contributed by atoms with Gasteiger partial charge < -0.3 is 0 Å². The van der Waals surface area contributed by atoms with E-state index in [9.17, 15) is 12.8 Å². The van der Waals surface area contributed by atoms with E-state index in [2.05, 4.69) is 4.98 Å². The Hall–Kier alpha value is -2.28. The summed E-state index contributed by atoms with van der Waals surface area (Å²) in [4.78, 5) is 4.05. The number of hydrogen-bond donors (Lipinski definition) is 1. The highest BCUT2D eigenvalue weighted by Gasteiger charge is 2.16. The van der Waals surface area contributed by atoms with Gasteiger partial charge in [-0.15, -0.1) is 0 Å². The minimum absolute atomic E-state index is 0.0621. The first-order valence-electron chi connectivity index (χ1n) is 6.90. The molecule has 7 heteroatoms. The zero-order valence-electron chi connectivity index (χ0n) is 12.3. The molecule has 2 N–H and O–H groups in total. The quantitative estimate of drug-likeness (QED) is 0.769. The average molecular weight is 363 g/mol. The normalized spacial score (nSPS) is 11.5. The maximum Gasteiger partial charge on any atom is 0.238 e. The Balaban J connectivity index is 2.23. The molecule has 4 nitrogen and oxygen atoms in total. The Labute approximate surface area is 143 Å². The van der Waals surface area contributed by atoms with E-state index in [1.807, 2.05) is 0 Å². The zero-order chi connectivity index (χ0) is 17.3. The highest BCUT2D eigenvalue weighted by atomic mass is 35.5. The van der Waals surface area contributed by atoms with Crippen molar-refractivity contribution in [1.29, 1.82) is 0 Å². The average Bonchev–Trinajstić information content (AvgIpc) is 2.55. The van der Waals surface area contributed by atoms with Gasteiger partial charge in [0, 0.05) is 22.3 Å². The largest absolute Gasteiger partial charge is 0.255 e. The summed E-state index contributed by atoms with van der Waals surface area (Å²) < 4.78 is 37.4. The number of pyridine rings is 1. The molecule has 122 valence electrons. The van der Waals surface area contributed by atoms with Gasteiger partial charge in [0.15, 0.2) is 0 Å². The lowest BCUT2D eigenvalue weighted by atomic mass is 9.99. The van der Waals surface area contributed by atoms with Crippen LogP contribution in [0.1, 0.15) is 0 Å². The van der Waals surface area contributed by atoms with Gasteiger partial charge in [0.05, 0.1) is 10.6 Å². The van der Waals surface area contributed by atoms with Crippen molar-refractivity contribution in [3.8, 4) is 22.4 Å². The molecule has 0 atom stereocenters. The summed E-state index contributed by atoms with van der Waals surface area (Å²) in [5, 5.41) is 5.71. The molecule has 0 radical (unpaired) electrons. The number of nitrogens with zero attached hydrogens (tertiary/aromatic N) is 1. The first-order chi connectivity index (χ1) is 11.4. The standard InChI is InChI=1S/C17H12ClFN2O2S/c18-12-5-3-11(4-6-12)14-2-1-9-21-17(14)15-10-13(24(20,22)23)7-8-16(15)19/h1-10H,(H2,20,22,23). The van der Waals surface area contributed by atoms with E-state index in [0.29, 0.717) is 16.3 Å². The van der Waals surface area contributed by atoms with Crippen LogP contribution in [-0.2, 0) is 10.0 Å². The van der Waals surface area contributed by atoms with E-state index in [-0.39, 0.29) is 10.5 Å². The van der Waals surface area contributed by atoms with Crippen LogP contribution in [0, 0.1) is 5.82 Å². The molecule has 1 aromatic heterocycles. The van der Waals surface area contributed by atoms with Gasteiger partial charge in [0.1, 0.15) is 5.82 Å². The van der Waals surface area contributed by atoms with Gasteiger partial charge in [-0.3, -0.25) is 4.98 Å². The molecule has 3 rings (SSSR count). The SMILES string of the molecule is NS(=O)(=O)c1ccc(F)c(-c2ncccc2-c2ccc(Cl)cc2)c1. The van der Waals surface area contributed by atoms with Gasteiger partial charge in [-0.1, -0.05) is 29.8 Å². The van der Waals surface area contributed by atoms with Crippen molar-refractivity contribution in [1.82, 2.24) is 4.98 Å². The molecular formula is C17H12ClFN2O2S. The van der Waals surface area contributed by atoms with Crippen molar-refractivity contribution in [2.45, 2.75) is 4.90 Å². The summed E-state index contributed by atoms with van der Waals surface area (Å²) in [6.07, 6.45) is 1.51. The van der Waals surface area contributed by atoms with E-state index < -0.39 is 15.8 Å². The molecule has 2 aromatic carbocycles. The third-order valence-corrected chi connectivity index (χ3v) is 4.65. The third kappa shape index (κ3) is 3.31.